The SMILES string of the molecule is CCNC1CC(C)(C)Oc2cc(OC(C#N)CC)ccc21. The lowest BCUT2D eigenvalue weighted by atomic mass is 9.89. The summed E-state index contributed by atoms with van der Waals surface area (Å²) in [4.78, 5) is 0. The van der Waals surface area contributed by atoms with Gasteiger partial charge in [0.2, 0.25) is 0 Å². The zero-order valence-corrected chi connectivity index (χ0v) is 13.3. The molecular formula is C17H24N2O2. The highest BCUT2D eigenvalue weighted by Crippen LogP contribution is 2.41. The van der Waals surface area contributed by atoms with Crippen LogP contribution in [-0.4, -0.2) is 18.2 Å². The van der Waals surface area contributed by atoms with E-state index in [0.29, 0.717) is 18.2 Å². The second-order valence-electron chi connectivity index (χ2n) is 6.02. The smallest absolute Gasteiger partial charge is 0.184 e. The van der Waals surface area contributed by atoms with E-state index < -0.39 is 6.10 Å². The molecule has 1 N–H and O–H groups in total. The first kappa shape index (κ1) is 15.7. The average molecular weight is 288 g/mol. The molecule has 2 atom stereocenters. The normalized spacial score (nSPS) is 20.8. The Morgan fingerprint density at radius 2 is 2.24 bits per heavy atom. The number of nitriles is 1. The zero-order valence-electron chi connectivity index (χ0n) is 13.3. The van der Waals surface area contributed by atoms with E-state index in [2.05, 4.69) is 32.2 Å². The molecule has 0 bridgehead atoms. The summed E-state index contributed by atoms with van der Waals surface area (Å²) in [5.74, 6) is 1.54. The topological polar surface area (TPSA) is 54.3 Å². The second-order valence-corrected chi connectivity index (χ2v) is 6.02. The number of benzene rings is 1. The van der Waals surface area contributed by atoms with Gasteiger partial charge in [-0.05, 0) is 32.9 Å². The highest BCUT2D eigenvalue weighted by Gasteiger charge is 2.33. The first-order chi connectivity index (χ1) is 9.99. The van der Waals surface area contributed by atoms with Crippen LogP contribution in [0, 0.1) is 11.3 Å². The summed E-state index contributed by atoms with van der Waals surface area (Å²) >= 11 is 0. The minimum absolute atomic E-state index is 0.210. The standard InChI is InChI=1S/C17H24N2O2/c1-5-12(11-18)20-13-7-8-14-15(19-6-2)10-17(3,4)21-16(14)9-13/h7-9,12,15,19H,5-6,10H2,1-4H3. The van der Waals surface area contributed by atoms with Gasteiger partial charge in [-0.3, -0.25) is 0 Å². The third-order valence-corrected chi connectivity index (χ3v) is 3.69. The van der Waals surface area contributed by atoms with Crippen LogP contribution in [0.4, 0.5) is 0 Å². The van der Waals surface area contributed by atoms with Crippen LogP contribution in [-0.2, 0) is 0 Å². The van der Waals surface area contributed by atoms with Crippen LogP contribution < -0.4 is 14.8 Å². The molecule has 0 spiro atoms. The van der Waals surface area contributed by atoms with Crippen molar-refractivity contribution in [1.82, 2.24) is 5.32 Å². The first-order valence-electron chi connectivity index (χ1n) is 7.61. The Bertz CT molecular complexity index is 534. The maximum atomic E-state index is 9.00. The molecule has 2 rings (SSSR count). The van der Waals surface area contributed by atoms with Crippen molar-refractivity contribution in [2.45, 2.75) is 58.3 Å². The van der Waals surface area contributed by atoms with Crippen LogP contribution in [0.2, 0.25) is 0 Å². The van der Waals surface area contributed by atoms with Crippen LogP contribution in [0.15, 0.2) is 18.2 Å². The molecule has 0 radical (unpaired) electrons. The van der Waals surface area contributed by atoms with Gasteiger partial charge >= 0.3 is 0 Å². The molecule has 1 aliphatic heterocycles. The van der Waals surface area contributed by atoms with E-state index in [9.17, 15) is 0 Å². The van der Waals surface area contributed by atoms with Crippen LogP contribution >= 0.6 is 0 Å². The maximum Gasteiger partial charge on any atom is 0.184 e. The molecular weight excluding hydrogens is 264 g/mol. The summed E-state index contributed by atoms with van der Waals surface area (Å²) in [5.41, 5.74) is 0.950. The van der Waals surface area contributed by atoms with Crippen molar-refractivity contribution in [2.75, 3.05) is 6.54 Å². The molecule has 0 amide bonds. The van der Waals surface area contributed by atoms with Gasteiger partial charge in [-0.2, -0.15) is 5.26 Å². The summed E-state index contributed by atoms with van der Waals surface area (Å²) in [5, 5.41) is 12.5. The molecule has 0 saturated heterocycles. The Balaban J connectivity index is 2.28. The number of ether oxygens (including phenoxy) is 2. The Kier molecular flexibility index (Phi) is 4.74. The van der Waals surface area contributed by atoms with Gasteiger partial charge in [-0.25, -0.2) is 0 Å². The first-order valence-corrected chi connectivity index (χ1v) is 7.61. The Morgan fingerprint density at radius 1 is 1.48 bits per heavy atom. The predicted octanol–water partition coefficient (Wildman–Crippen LogP) is 3.58. The van der Waals surface area contributed by atoms with Crippen LogP contribution in [0.5, 0.6) is 11.5 Å². The number of hydrogen-bond donors (Lipinski definition) is 1. The van der Waals surface area contributed by atoms with Gasteiger partial charge in [0, 0.05) is 24.1 Å². The monoisotopic (exact) mass is 288 g/mol. The van der Waals surface area contributed by atoms with Gasteiger partial charge in [-0.15, -0.1) is 0 Å². The molecule has 2 unspecified atom stereocenters. The van der Waals surface area contributed by atoms with Crippen molar-refractivity contribution >= 4 is 0 Å². The third kappa shape index (κ3) is 3.68. The number of nitrogens with zero attached hydrogens (tertiary/aromatic N) is 1. The lowest BCUT2D eigenvalue weighted by Gasteiger charge is -2.38. The molecule has 0 aromatic heterocycles. The molecule has 1 heterocycles. The summed E-state index contributed by atoms with van der Waals surface area (Å²) in [7, 11) is 0. The van der Waals surface area contributed by atoms with E-state index in [0.717, 1.165) is 24.3 Å². The summed E-state index contributed by atoms with van der Waals surface area (Å²) in [6.07, 6.45) is 1.19. The fraction of sp³-hybridized carbons (Fsp3) is 0.588. The molecule has 0 aliphatic carbocycles. The zero-order chi connectivity index (χ0) is 15.5. The molecule has 4 nitrogen and oxygen atoms in total. The quantitative estimate of drug-likeness (QED) is 0.899. The summed E-state index contributed by atoms with van der Waals surface area (Å²) in [6, 6.07) is 8.31. The van der Waals surface area contributed by atoms with Crippen molar-refractivity contribution in [3.63, 3.8) is 0 Å². The van der Waals surface area contributed by atoms with Crippen LogP contribution in [0.1, 0.15) is 52.1 Å². The number of fused-ring (bicyclic) bond motifs is 1. The van der Waals surface area contributed by atoms with Crippen molar-refractivity contribution in [2.24, 2.45) is 0 Å². The summed E-state index contributed by atoms with van der Waals surface area (Å²) < 4.78 is 11.8. The van der Waals surface area contributed by atoms with Gasteiger partial charge in [0.05, 0.1) is 0 Å². The lowest BCUT2D eigenvalue weighted by molar-refractivity contribution is 0.0659. The van der Waals surface area contributed by atoms with Gasteiger partial charge in [0.1, 0.15) is 23.2 Å². The molecule has 1 aliphatic rings. The van der Waals surface area contributed by atoms with E-state index in [-0.39, 0.29) is 5.60 Å². The predicted molar refractivity (Wildman–Crippen MR) is 82.5 cm³/mol. The number of rotatable bonds is 5. The lowest BCUT2D eigenvalue weighted by Crippen LogP contribution is -2.39. The van der Waals surface area contributed by atoms with E-state index in [1.165, 1.54) is 0 Å². The molecule has 1 aromatic rings. The van der Waals surface area contributed by atoms with Crippen LogP contribution in [0.3, 0.4) is 0 Å². The largest absolute Gasteiger partial charge is 0.487 e. The van der Waals surface area contributed by atoms with E-state index >= 15 is 0 Å². The van der Waals surface area contributed by atoms with E-state index in [1.807, 2.05) is 25.1 Å². The van der Waals surface area contributed by atoms with Crippen LogP contribution in [0.25, 0.3) is 0 Å². The van der Waals surface area contributed by atoms with E-state index in [1.54, 1.807) is 0 Å². The van der Waals surface area contributed by atoms with Gasteiger partial charge in [-0.1, -0.05) is 19.9 Å². The third-order valence-electron chi connectivity index (χ3n) is 3.69. The van der Waals surface area contributed by atoms with Gasteiger partial charge in [0.15, 0.2) is 6.10 Å². The Labute approximate surface area is 127 Å². The Morgan fingerprint density at radius 3 is 2.86 bits per heavy atom. The highest BCUT2D eigenvalue weighted by atomic mass is 16.5. The minimum Gasteiger partial charge on any atom is -0.487 e. The van der Waals surface area contributed by atoms with Crippen molar-refractivity contribution < 1.29 is 9.47 Å². The van der Waals surface area contributed by atoms with Crippen molar-refractivity contribution in [3.05, 3.63) is 23.8 Å². The van der Waals surface area contributed by atoms with Gasteiger partial charge in [0.25, 0.3) is 0 Å². The van der Waals surface area contributed by atoms with E-state index in [4.69, 9.17) is 14.7 Å². The molecule has 1 aromatic carbocycles. The summed E-state index contributed by atoms with van der Waals surface area (Å²) in [6.45, 7) is 9.16. The average Bonchev–Trinajstić information content (AvgIpc) is 2.43. The van der Waals surface area contributed by atoms with Crippen molar-refractivity contribution in [3.8, 4) is 17.6 Å². The number of nitrogens with one attached hydrogen (secondary N) is 1. The maximum absolute atomic E-state index is 9.00. The number of hydrogen-bond acceptors (Lipinski definition) is 4. The molecule has 0 fully saturated rings. The molecule has 21 heavy (non-hydrogen) atoms. The molecule has 114 valence electrons. The Hall–Kier alpha value is -1.73. The fourth-order valence-electron chi connectivity index (χ4n) is 2.70. The molecule has 0 saturated carbocycles. The van der Waals surface area contributed by atoms with Crippen molar-refractivity contribution in [1.29, 1.82) is 5.26 Å². The fourth-order valence-corrected chi connectivity index (χ4v) is 2.70. The molecule has 4 heteroatoms. The second kappa shape index (κ2) is 6.36. The van der Waals surface area contributed by atoms with Gasteiger partial charge < -0.3 is 14.8 Å². The highest BCUT2D eigenvalue weighted by molar-refractivity contribution is 5.44. The minimum atomic E-state index is -0.413.